The maximum absolute atomic E-state index is 12.4. The Balaban J connectivity index is 3.74. The molecular weight excluding hydrogens is 273 g/mol. The quantitative estimate of drug-likeness (QED) is 0.344. The Labute approximate surface area is 125 Å². The van der Waals surface area contributed by atoms with Crippen molar-refractivity contribution in [1.82, 2.24) is 5.32 Å². The first-order valence-corrected chi connectivity index (χ1v) is 10.00. The number of unbranched alkanes of at least 4 members (excludes halogenated alkanes) is 6. The minimum Gasteiger partial charge on any atom is -0.308 e. The molecule has 0 spiro atoms. The van der Waals surface area contributed by atoms with Gasteiger partial charge in [-0.05, 0) is 26.3 Å². The minimum absolute atomic E-state index is 0.330. The lowest BCUT2D eigenvalue weighted by Crippen LogP contribution is -2.19. The average molecular weight is 307 g/mol. The van der Waals surface area contributed by atoms with E-state index in [1.165, 1.54) is 25.7 Å². The monoisotopic (exact) mass is 307 g/mol. The van der Waals surface area contributed by atoms with Gasteiger partial charge in [0, 0.05) is 0 Å². The maximum Gasteiger partial charge on any atom is 0.344 e. The fraction of sp³-hybridized carbons (Fsp3) is 1.00. The molecule has 0 bridgehead atoms. The molecule has 0 saturated heterocycles. The molecule has 0 saturated carbocycles. The van der Waals surface area contributed by atoms with Crippen LogP contribution in [0.4, 0.5) is 0 Å². The highest BCUT2D eigenvalue weighted by atomic mass is 31.2. The molecule has 0 aliphatic heterocycles. The van der Waals surface area contributed by atoms with Gasteiger partial charge in [0.2, 0.25) is 0 Å². The van der Waals surface area contributed by atoms with E-state index >= 15 is 0 Å². The van der Waals surface area contributed by atoms with Gasteiger partial charge in [0.1, 0.15) is 0 Å². The normalized spacial score (nSPS) is 14.3. The van der Waals surface area contributed by atoms with Crippen molar-refractivity contribution in [3.05, 3.63) is 0 Å². The molecule has 0 rings (SSSR count). The predicted octanol–water partition coefficient (Wildman–Crippen LogP) is 4.94. The van der Waals surface area contributed by atoms with Gasteiger partial charge in [-0.1, -0.05) is 52.4 Å². The summed E-state index contributed by atoms with van der Waals surface area (Å²) in [5, 5.41) is 3.17. The van der Waals surface area contributed by atoms with Crippen LogP contribution in [0.1, 0.15) is 72.1 Å². The molecule has 1 N–H and O–H groups in total. The largest absolute Gasteiger partial charge is 0.344 e. The van der Waals surface area contributed by atoms with Gasteiger partial charge in [-0.15, -0.1) is 0 Å². The van der Waals surface area contributed by atoms with Crippen molar-refractivity contribution in [3.63, 3.8) is 0 Å². The van der Waals surface area contributed by atoms with Gasteiger partial charge in [-0.3, -0.25) is 4.57 Å². The third-order valence-corrected chi connectivity index (χ3v) is 4.96. The van der Waals surface area contributed by atoms with Gasteiger partial charge in [-0.2, -0.15) is 0 Å². The lowest BCUT2D eigenvalue weighted by Gasteiger charge is -2.18. The zero-order valence-electron chi connectivity index (χ0n) is 13.7. The first-order chi connectivity index (χ1) is 9.68. The van der Waals surface area contributed by atoms with Gasteiger partial charge >= 0.3 is 7.60 Å². The predicted molar refractivity (Wildman–Crippen MR) is 86.3 cm³/mol. The Morgan fingerprint density at radius 2 is 1.50 bits per heavy atom. The first-order valence-electron chi connectivity index (χ1n) is 8.27. The molecule has 0 aromatic carbocycles. The van der Waals surface area contributed by atoms with Crippen LogP contribution in [0.3, 0.4) is 0 Å². The van der Waals surface area contributed by atoms with Crippen molar-refractivity contribution in [1.29, 1.82) is 0 Å². The van der Waals surface area contributed by atoms with Crippen LogP contribution in [-0.2, 0) is 13.6 Å². The lowest BCUT2D eigenvalue weighted by molar-refractivity contribution is 0.206. The summed E-state index contributed by atoms with van der Waals surface area (Å²) in [7, 11) is -2.93. The molecule has 5 heteroatoms. The van der Waals surface area contributed by atoms with E-state index in [-0.39, 0.29) is 0 Å². The second kappa shape index (κ2) is 14.1. The summed E-state index contributed by atoms with van der Waals surface area (Å²) in [6.45, 7) is 8.05. The molecule has 0 fully saturated rings. The molecule has 0 aliphatic carbocycles. The van der Waals surface area contributed by atoms with Crippen molar-refractivity contribution in [2.24, 2.45) is 0 Å². The van der Waals surface area contributed by atoms with Gasteiger partial charge < -0.3 is 14.4 Å². The van der Waals surface area contributed by atoms with E-state index in [2.05, 4.69) is 19.2 Å². The molecule has 0 heterocycles. The van der Waals surface area contributed by atoms with Crippen molar-refractivity contribution >= 4 is 7.60 Å². The van der Waals surface area contributed by atoms with Crippen LogP contribution in [-0.4, -0.2) is 26.0 Å². The van der Waals surface area contributed by atoms with Gasteiger partial charge in [0.25, 0.3) is 0 Å². The third kappa shape index (κ3) is 11.9. The molecule has 4 nitrogen and oxygen atoms in total. The van der Waals surface area contributed by atoms with E-state index in [9.17, 15) is 4.57 Å². The van der Waals surface area contributed by atoms with E-state index < -0.39 is 7.60 Å². The zero-order valence-corrected chi connectivity index (χ0v) is 14.6. The van der Waals surface area contributed by atoms with E-state index in [4.69, 9.17) is 9.05 Å². The van der Waals surface area contributed by atoms with E-state index in [0.717, 1.165) is 32.2 Å². The van der Waals surface area contributed by atoms with Gasteiger partial charge in [0.05, 0.1) is 19.5 Å². The van der Waals surface area contributed by atoms with Crippen LogP contribution in [0.5, 0.6) is 0 Å². The van der Waals surface area contributed by atoms with Crippen LogP contribution in [0.25, 0.3) is 0 Å². The van der Waals surface area contributed by atoms with Crippen molar-refractivity contribution < 1.29 is 13.6 Å². The minimum atomic E-state index is -2.93. The lowest BCUT2D eigenvalue weighted by atomic mass is 10.1. The summed E-state index contributed by atoms with van der Waals surface area (Å²) in [4.78, 5) is 0. The molecule has 0 aliphatic rings. The summed E-state index contributed by atoms with van der Waals surface area (Å²) in [5.41, 5.74) is 0. The zero-order chi connectivity index (χ0) is 15.1. The SMILES string of the molecule is CCCCCCCCOP(=O)(CNCCCC)OCC. The number of hydrogen-bond donors (Lipinski definition) is 1. The van der Waals surface area contributed by atoms with Crippen molar-refractivity contribution in [3.8, 4) is 0 Å². The van der Waals surface area contributed by atoms with Crippen LogP contribution in [0.15, 0.2) is 0 Å². The van der Waals surface area contributed by atoms with E-state index in [1.54, 1.807) is 0 Å². The Hall–Kier alpha value is 0.110. The molecule has 122 valence electrons. The second-order valence-corrected chi connectivity index (χ2v) is 7.20. The standard InChI is InChI=1S/C15H34NO3P/c1-4-7-9-10-11-12-14-19-20(17,18-6-3)15-16-13-8-5-2/h16H,4-15H2,1-3H3. The second-order valence-electron chi connectivity index (χ2n) is 5.14. The van der Waals surface area contributed by atoms with Gasteiger partial charge in [-0.25, -0.2) is 0 Å². The highest BCUT2D eigenvalue weighted by molar-refractivity contribution is 7.53. The van der Waals surface area contributed by atoms with Crippen molar-refractivity contribution in [2.75, 3.05) is 26.0 Å². The highest BCUT2D eigenvalue weighted by Gasteiger charge is 2.22. The molecular formula is C15H34NO3P. The summed E-state index contributed by atoms with van der Waals surface area (Å²) < 4.78 is 23.3. The fourth-order valence-corrected chi connectivity index (χ4v) is 3.42. The molecule has 1 unspecified atom stereocenters. The Bertz CT molecular complexity index is 249. The summed E-state index contributed by atoms with van der Waals surface area (Å²) >= 11 is 0. The Morgan fingerprint density at radius 1 is 0.850 bits per heavy atom. The summed E-state index contributed by atoms with van der Waals surface area (Å²) in [6, 6.07) is 0. The first kappa shape index (κ1) is 20.1. The molecule has 0 amide bonds. The average Bonchev–Trinajstić information content (AvgIpc) is 2.43. The van der Waals surface area contributed by atoms with Crippen LogP contribution in [0, 0.1) is 0 Å². The number of hydrogen-bond acceptors (Lipinski definition) is 4. The van der Waals surface area contributed by atoms with Gasteiger partial charge in [0.15, 0.2) is 0 Å². The summed E-state index contributed by atoms with van der Waals surface area (Å²) in [6.07, 6.45) is 9.76. The Kier molecular flexibility index (Phi) is 14.1. The third-order valence-electron chi connectivity index (χ3n) is 3.12. The molecule has 1 atom stereocenters. The molecule has 20 heavy (non-hydrogen) atoms. The van der Waals surface area contributed by atoms with Crippen LogP contribution < -0.4 is 5.32 Å². The number of nitrogens with one attached hydrogen (secondary N) is 1. The van der Waals surface area contributed by atoms with E-state index in [0.29, 0.717) is 19.5 Å². The maximum atomic E-state index is 12.4. The summed E-state index contributed by atoms with van der Waals surface area (Å²) in [5.74, 6) is 0. The smallest absolute Gasteiger partial charge is 0.308 e. The topological polar surface area (TPSA) is 47.6 Å². The van der Waals surface area contributed by atoms with Crippen LogP contribution in [0.2, 0.25) is 0 Å². The highest BCUT2D eigenvalue weighted by Crippen LogP contribution is 2.46. The molecule has 0 aromatic rings. The fourth-order valence-electron chi connectivity index (χ4n) is 1.93. The van der Waals surface area contributed by atoms with Crippen molar-refractivity contribution in [2.45, 2.75) is 72.1 Å². The number of rotatable bonds is 15. The molecule has 0 radical (unpaired) electrons. The van der Waals surface area contributed by atoms with Crippen LogP contribution >= 0.6 is 7.60 Å². The van der Waals surface area contributed by atoms with E-state index in [1.807, 2.05) is 6.92 Å². The Morgan fingerprint density at radius 3 is 2.15 bits per heavy atom. The molecule has 0 aromatic heterocycles.